The molecule has 0 unspecified atom stereocenters. The van der Waals surface area contributed by atoms with Crippen LogP contribution < -0.4 is 0 Å². The van der Waals surface area contributed by atoms with Crippen LogP contribution in [0.5, 0.6) is 0 Å². The summed E-state index contributed by atoms with van der Waals surface area (Å²) in [6, 6.07) is 51.4. The van der Waals surface area contributed by atoms with Gasteiger partial charge >= 0.3 is 0 Å². The highest BCUT2D eigenvalue weighted by Crippen LogP contribution is 2.38. The van der Waals surface area contributed by atoms with E-state index < -0.39 is 0 Å². The summed E-state index contributed by atoms with van der Waals surface area (Å²) in [5.74, 6) is 0.739. The Labute approximate surface area is 242 Å². The quantitative estimate of drug-likeness (QED) is 0.222. The summed E-state index contributed by atoms with van der Waals surface area (Å²) in [5, 5.41) is 3.70. The largest absolute Gasteiger partial charge is 0.228 e. The molecular weight excluding hydrogens is 516 g/mol. The Balaban J connectivity index is 1.25. The third-order valence-corrected chi connectivity index (χ3v) is 8.82. The topological polar surface area (TPSA) is 25.8 Å². The lowest BCUT2D eigenvalue weighted by atomic mass is 9.96. The van der Waals surface area contributed by atoms with Crippen LogP contribution in [-0.2, 0) is 0 Å². The van der Waals surface area contributed by atoms with Gasteiger partial charge in [0.2, 0.25) is 0 Å². The Hall–Kier alpha value is -5.12. The van der Waals surface area contributed by atoms with E-state index in [4.69, 9.17) is 9.97 Å². The molecule has 0 bridgehead atoms. The van der Waals surface area contributed by atoms with Crippen LogP contribution in [-0.4, -0.2) is 9.97 Å². The molecule has 0 atom stereocenters. The number of thiophene rings is 1. The van der Waals surface area contributed by atoms with Gasteiger partial charge in [0, 0.05) is 36.7 Å². The van der Waals surface area contributed by atoms with Crippen molar-refractivity contribution in [3.63, 3.8) is 0 Å². The van der Waals surface area contributed by atoms with Crippen molar-refractivity contribution < 1.29 is 0 Å². The molecular formula is C38H24N2S. The summed E-state index contributed by atoms with van der Waals surface area (Å²) in [6.45, 7) is 0. The molecule has 2 aromatic heterocycles. The van der Waals surface area contributed by atoms with Gasteiger partial charge in [-0.05, 0) is 52.6 Å². The lowest BCUT2D eigenvalue weighted by molar-refractivity contribution is 1.23. The fraction of sp³-hybridized carbons (Fsp3) is 0. The van der Waals surface area contributed by atoms with Crippen LogP contribution in [0, 0.1) is 0 Å². The lowest BCUT2D eigenvalue weighted by Crippen LogP contribution is -1.95. The Morgan fingerprint density at radius 1 is 0.366 bits per heavy atom. The Kier molecular flexibility index (Phi) is 5.68. The first-order chi connectivity index (χ1) is 20.3. The molecule has 3 heteroatoms. The molecule has 0 radical (unpaired) electrons. The van der Waals surface area contributed by atoms with Gasteiger partial charge in [-0.1, -0.05) is 115 Å². The first-order valence-electron chi connectivity index (χ1n) is 13.7. The maximum absolute atomic E-state index is 5.08. The van der Waals surface area contributed by atoms with Crippen molar-refractivity contribution in [2.24, 2.45) is 0 Å². The van der Waals surface area contributed by atoms with Crippen LogP contribution in [0.4, 0.5) is 0 Å². The highest BCUT2D eigenvalue weighted by atomic mass is 32.1. The molecule has 0 saturated heterocycles. The van der Waals surface area contributed by atoms with Gasteiger partial charge in [-0.25, -0.2) is 9.97 Å². The third-order valence-electron chi connectivity index (χ3n) is 7.68. The number of hydrogen-bond donors (Lipinski definition) is 0. The SMILES string of the molecule is c1ccc(-c2nc(-c3ccccc3)c3cc(-c4cccc(-c5ccc6c(c5)sc5ccccc56)c4)ccc3n2)cc1. The molecule has 8 aromatic rings. The number of nitrogens with zero attached hydrogens (tertiary/aromatic N) is 2. The maximum atomic E-state index is 5.08. The van der Waals surface area contributed by atoms with E-state index in [2.05, 4.69) is 121 Å². The fourth-order valence-electron chi connectivity index (χ4n) is 5.62. The van der Waals surface area contributed by atoms with Crippen LogP contribution >= 0.6 is 11.3 Å². The predicted octanol–water partition coefficient (Wildman–Crippen LogP) is 10.7. The molecule has 2 heterocycles. The summed E-state index contributed by atoms with van der Waals surface area (Å²) in [4.78, 5) is 10.0. The normalized spacial score (nSPS) is 11.4. The minimum atomic E-state index is 0.739. The zero-order valence-corrected chi connectivity index (χ0v) is 23.0. The molecule has 0 aliphatic heterocycles. The molecule has 0 saturated carbocycles. The number of fused-ring (bicyclic) bond motifs is 4. The molecule has 2 nitrogen and oxygen atoms in total. The second-order valence-corrected chi connectivity index (χ2v) is 11.3. The van der Waals surface area contributed by atoms with E-state index in [9.17, 15) is 0 Å². The zero-order chi connectivity index (χ0) is 27.2. The molecule has 6 aromatic carbocycles. The standard InChI is InChI=1S/C38H24N2S/c1-3-10-25(11-4-1)37-33-23-29(19-21-34(33)39-38(40-37)26-12-5-2-6-13-26)27-14-9-15-28(22-27)30-18-20-32-31-16-7-8-17-35(31)41-36(32)24-30/h1-24H. The highest BCUT2D eigenvalue weighted by molar-refractivity contribution is 7.25. The van der Waals surface area contributed by atoms with Crippen molar-refractivity contribution in [3.05, 3.63) is 146 Å². The average molecular weight is 541 g/mol. The van der Waals surface area contributed by atoms with Crippen molar-refractivity contribution >= 4 is 42.4 Å². The van der Waals surface area contributed by atoms with Crippen LogP contribution in [0.3, 0.4) is 0 Å². The van der Waals surface area contributed by atoms with Gasteiger partial charge in [0.15, 0.2) is 5.82 Å². The van der Waals surface area contributed by atoms with Crippen molar-refractivity contribution in [2.45, 2.75) is 0 Å². The number of hydrogen-bond acceptors (Lipinski definition) is 3. The van der Waals surface area contributed by atoms with Gasteiger partial charge in [0.05, 0.1) is 11.2 Å². The third kappa shape index (κ3) is 4.28. The van der Waals surface area contributed by atoms with Crippen molar-refractivity contribution in [1.82, 2.24) is 9.97 Å². The predicted molar refractivity (Wildman–Crippen MR) is 174 cm³/mol. The minimum absolute atomic E-state index is 0.739. The van der Waals surface area contributed by atoms with Crippen molar-refractivity contribution in [1.29, 1.82) is 0 Å². The molecule has 0 amide bonds. The average Bonchev–Trinajstić information content (AvgIpc) is 3.43. The van der Waals surface area contributed by atoms with Crippen LogP contribution in [0.1, 0.15) is 0 Å². The van der Waals surface area contributed by atoms with Crippen LogP contribution in [0.2, 0.25) is 0 Å². The van der Waals surface area contributed by atoms with E-state index in [1.165, 1.54) is 36.9 Å². The molecule has 41 heavy (non-hydrogen) atoms. The van der Waals surface area contributed by atoms with Gasteiger partial charge in [-0.3, -0.25) is 0 Å². The van der Waals surface area contributed by atoms with E-state index in [-0.39, 0.29) is 0 Å². The monoisotopic (exact) mass is 540 g/mol. The highest BCUT2D eigenvalue weighted by Gasteiger charge is 2.13. The fourth-order valence-corrected chi connectivity index (χ4v) is 6.77. The molecule has 0 N–H and O–H groups in total. The molecule has 192 valence electrons. The van der Waals surface area contributed by atoms with Crippen molar-refractivity contribution in [2.75, 3.05) is 0 Å². The molecule has 8 rings (SSSR count). The summed E-state index contributed by atoms with van der Waals surface area (Å²) in [7, 11) is 0. The van der Waals surface area contributed by atoms with Gasteiger partial charge in [-0.2, -0.15) is 0 Å². The Morgan fingerprint density at radius 3 is 1.78 bits per heavy atom. The Morgan fingerprint density at radius 2 is 0.976 bits per heavy atom. The molecule has 0 aliphatic rings. The van der Waals surface area contributed by atoms with E-state index in [0.29, 0.717) is 0 Å². The smallest absolute Gasteiger partial charge is 0.160 e. The summed E-state index contributed by atoms with van der Waals surface area (Å²) in [5.41, 5.74) is 8.74. The van der Waals surface area contributed by atoms with E-state index in [1.807, 2.05) is 35.6 Å². The van der Waals surface area contributed by atoms with Gasteiger partial charge in [0.1, 0.15) is 0 Å². The Bertz CT molecular complexity index is 2200. The van der Waals surface area contributed by atoms with Gasteiger partial charge < -0.3 is 0 Å². The van der Waals surface area contributed by atoms with E-state index >= 15 is 0 Å². The maximum Gasteiger partial charge on any atom is 0.160 e. The summed E-state index contributed by atoms with van der Waals surface area (Å²) >= 11 is 1.86. The van der Waals surface area contributed by atoms with Crippen LogP contribution in [0.15, 0.2) is 146 Å². The van der Waals surface area contributed by atoms with Gasteiger partial charge in [0.25, 0.3) is 0 Å². The lowest BCUT2D eigenvalue weighted by Gasteiger charge is -2.12. The van der Waals surface area contributed by atoms with Gasteiger partial charge in [-0.15, -0.1) is 11.3 Å². The first-order valence-corrected chi connectivity index (χ1v) is 14.6. The second-order valence-electron chi connectivity index (χ2n) is 10.2. The summed E-state index contributed by atoms with van der Waals surface area (Å²) < 4.78 is 2.65. The van der Waals surface area contributed by atoms with Crippen LogP contribution in [0.25, 0.3) is 76.0 Å². The van der Waals surface area contributed by atoms with Crippen molar-refractivity contribution in [3.8, 4) is 44.9 Å². The number of rotatable bonds is 4. The van der Waals surface area contributed by atoms with E-state index in [1.54, 1.807) is 0 Å². The second kappa shape index (κ2) is 9.81. The number of aromatic nitrogens is 2. The number of benzene rings is 6. The zero-order valence-electron chi connectivity index (χ0n) is 22.2. The summed E-state index contributed by atoms with van der Waals surface area (Å²) in [6.07, 6.45) is 0. The molecule has 0 fully saturated rings. The molecule has 0 aliphatic carbocycles. The minimum Gasteiger partial charge on any atom is -0.228 e. The molecule has 0 spiro atoms. The van der Waals surface area contributed by atoms with E-state index in [0.717, 1.165) is 39.1 Å². The first kappa shape index (κ1) is 23.7.